The summed E-state index contributed by atoms with van der Waals surface area (Å²) in [6, 6.07) is 0. The van der Waals surface area contributed by atoms with Crippen LogP contribution >= 0.6 is 15.6 Å². The molecule has 2 unspecified atom stereocenters. The Kier molecular flexibility index (Phi) is 59.9. The van der Waals surface area contributed by atoms with Gasteiger partial charge < -0.3 is 33.8 Å². The van der Waals surface area contributed by atoms with Gasteiger partial charge in [-0.05, 0) is 37.5 Å². The zero-order valence-electron chi connectivity index (χ0n) is 57.0. The molecule has 19 heteroatoms. The highest BCUT2D eigenvalue weighted by molar-refractivity contribution is 7.47. The second-order valence-corrected chi connectivity index (χ2v) is 28.8. The van der Waals surface area contributed by atoms with Crippen LogP contribution < -0.4 is 0 Å². The highest BCUT2D eigenvalue weighted by Gasteiger charge is 2.30. The van der Waals surface area contributed by atoms with E-state index in [9.17, 15) is 43.2 Å². The van der Waals surface area contributed by atoms with Crippen LogP contribution in [0.2, 0.25) is 0 Å². The first-order valence-electron chi connectivity index (χ1n) is 36.0. The molecular weight excluding hydrogens is 1160 g/mol. The molecule has 17 nitrogen and oxygen atoms in total. The van der Waals surface area contributed by atoms with E-state index < -0.39 is 97.5 Å². The molecule has 0 aliphatic heterocycles. The molecule has 0 fully saturated rings. The number of aliphatic hydroxyl groups is 1. The summed E-state index contributed by atoms with van der Waals surface area (Å²) in [5, 5.41) is 10.6. The second kappa shape index (κ2) is 61.3. The van der Waals surface area contributed by atoms with Gasteiger partial charge in [-0.1, -0.05) is 298 Å². The number of ether oxygens (including phenoxy) is 4. The van der Waals surface area contributed by atoms with Gasteiger partial charge >= 0.3 is 39.5 Å². The van der Waals surface area contributed by atoms with Crippen LogP contribution in [0.3, 0.4) is 0 Å². The van der Waals surface area contributed by atoms with Crippen molar-refractivity contribution in [3.63, 3.8) is 0 Å². The largest absolute Gasteiger partial charge is 0.472 e. The molecule has 0 saturated heterocycles. The van der Waals surface area contributed by atoms with E-state index in [4.69, 9.17) is 37.0 Å². The molecule has 0 aliphatic carbocycles. The number of esters is 4. The normalized spacial score (nSPS) is 14.2. The molecule has 0 heterocycles. The Hall–Kier alpha value is -1.94. The van der Waals surface area contributed by atoms with Crippen LogP contribution in [0.1, 0.15) is 350 Å². The number of unbranched alkanes of at least 4 members (excludes halogenated alkanes) is 38. The highest BCUT2D eigenvalue weighted by atomic mass is 31.2. The Bertz CT molecular complexity index is 1720. The van der Waals surface area contributed by atoms with E-state index in [-0.39, 0.29) is 25.7 Å². The van der Waals surface area contributed by atoms with E-state index in [1.54, 1.807) is 0 Å². The first-order chi connectivity index (χ1) is 42.4. The predicted octanol–water partition coefficient (Wildman–Crippen LogP) is 19.6. The monoisotopic (exact) mass is 1300 g/mol. The van der Waals surface area contributed by atoms with E-state index in [1.807, 2.05) is 0 Å². The molecule has 5 atom stereocenters. The van der Waals surface area contributed by atoms with Crippen LogP contribution in [0, 0.1) is 11.8 Å². The maximum Gasteiger partial charge on any atom is 0.472 e. The molecule has 0 amide bonds. The third-order valence-electron chi connectivity index (χ3n) is 16.0. The smallest absolute Gasteiger partial charge is 0.462 e. The van der Waals surface area contributed by atoms with Gasteiger partial charge in [0.2, 0.25) is 0 Å². The van der Waals surface area contributed by atoms with Crippen LogP contribution in [0.4, 0.5) is 0 Å². The van der Waals surface area contributed by atoms with Crippen LogP contribution in [-0.2, 0) is 65.4 Å². The molecule has 0 rings (SSSR count). The average molecular weight is 1300 g/mol. The van der Waals surface area contributed by atoms with Crippen molar-refractivity contribution in [3.8, 4) is 0 Å². The lowest BCUT2D eigenvalue weighted by Gasteiger charge is -2.21. The minimum atomic E-state index is -4.95. The SMILES string of the molecule is CCCCCCCCCCCCCCCCC(=O)O[C@H](COC(=O)CCCCCCCCCCCC(C)C)COP(=O)(O)OC[C@@H](O)COP(=O)(O)OC[C@@H](COC(=O)CCCCCCCCCCCCC)OC(=O)CCCCCCCCCCC(C)C. The lowest BCUT2D eigenvalue weighted by atomic mass is 10.0. The minimum absolute atomic E-state index is 0.105. The summed E-state index contributed by atoms with van der Waals surface area (Å²) in [6.07, 6.45) is 45.7. The molecule has 0 radical (unpaired) electrons. The first kappa shape index (κ1) is 86.1. The van der Waals surface area contributed by atoms with Crippen molar-refractivity contribution in [1.29, 1.82) is 0 Å². The van der Waals surface area contributed by atoms with E-state index in [1.165, 1.54) is 167 Å². The molecule has 522 valence electrons. The van der Waals surface area contributed by atoms with Crippen molar-refractivity contribution in [2.45, 2.75) is 368 Å². The molecule has 0 spiro atoms. The van der Waals surface area contributed by atoms with Crippen molar-refractivity contribution < 1.29 is 80.2 Å². The number of carbonyl (C=O) groups is 4. The summed E-state index contributed by atoms with van der Waals surface area (Å²) in [5.41, 5.74) is 0. The summed E-state index contributed by atoms with van der Waals surface area (Å²) in [5.74, 6) is -0.663. The highest BCUT2D eigenvalue weighted by Crippen LogP contribution is 2.45. The van der Waals surface area contributed by atoms with Crippen LogP contribution in [0.25, 0.3) is 0 Å². The van der Waals surface area contributed by atoms with Crippen LogP contribution in [-0.4, -0.2) is 96.7 Å². The average Bonchev–Trinajstić information content (AvgIpc) is 3.49. The molecular formula is C69H134O17P2. The Balaban J connectivity index is 5.25. The number of carbonyl (C=O) groups excluding carboxylic acids is 4. The zero-order chi connectivity index (χ0) is 65.0. The maximum atomic E-state index is 13.0. The fraction of sp³-hybridized carbons (Fsp3) is 0.942. The number of hydrogen-bond donors (Lipinski definition) is 3. The van der Waals surface area contributed by atoms with E-state index >= 15 is 0 Å². The fourth-order valence-corrected chi connectivity index (χ4v) is 12.0. The third-order valence-corrected chi connectivity index (χ3v) is 17.9. The van der Waals surface area contributed by atoms with Crippen LogP contribution in [0.5, 0.6) is 0 Å². The number of rotatable bonds is 68. The number of aliphatic hydroxyl groups excluding tert-OH is 1. The Labute approximate surface area is 537 Å². The van der Waals surface area contributed by atoms with Gasteiger partial charge in [-0.2, -0.15) is 0 Å². The minimum Gasteiger partial charge on any atom is -0.462 e. The Morgan fingerprint density at radius 2 is 0.523 bits per heavy atom. The second-order valence-electron chi connectivity index (χ2n) is 25.9. The van der Waals surface area contributed by atoms with Gasteiger partial charge in [0.15, 0.2) is 12.2 Å². The fourth-order valence-electron chi connectivity index (χ4n) is 10.4. The third kappa shape index (κ3) is 62.8. The standard InChI is InChI=1S/C69H134O17P2/c1-7-9-11-13-15-17-19-20-21-23-27-35-41-47-53-68(73)85-64(57-80-67(72)52-46-40-34-28-24-25-31-37-43-49-61(3)4)59-83-87(75,76)81-55-63(70)56-82-88(77,78)84-60-65(86-69(74)54-48-42-36-30-29-32-38-44-50-62(5)6)58-79-66(71)51-45-39-33-26-22-18-16-14-12-10-8-2/h61-65,70H,7-60H2,1-6H3,(H,75,76)(H,77,78)/t63-,64-,65-/m1/s1. The van der Waals surface area contributed by atoms with Gasteiger partial charge in [0.1, 0.15) is 19.3 Å². The summed E-state index contributed by atoms with van der Waals surface area (Å²) in [6.45, 7) is 9.48. The summed E-state index contributed by atoms with van der Waals surface area (Å²) >= 11 is 0. The van der Waals surface area contributed by atoms with Crippen molar-refractivity contribution in [1.82, 2.24) is 0 Å². The summed E-state index contributed by atoms with van der Waals surface area (Å²) in [4.78, 5) is 72.5. The molecule has 0 aromatic heterocycles. The van der Waals surface area contributed by atoms with Crippen molar-refractivity contribution in [2.75, 3.05) is 39.6 Å². The van der Waals surface area contributed by atoms with E-state index in [0.29, 0.717) is 25.7 Å². The number of phosphoric acid groups is 2. The first-order valence-corrected chi connectivity index (χ1v) is 39.0. The van der Waals surface area contributed by atoms with Gasteiger partial charge in [-0.15, -0.1) is 0 Å². The Morgan fingerprint density at radius 1 is 0.307 bits per heavy atom. The molecule has 0 aromatic carbocycles. The van der Waals surface area contributed by atoms with Crippen LogP contribution in [0.15, 0.2) is 0 Å². The number of hydrogen-bond acceptors (Lipinski definition) is 15. The summed E-state index contributed by atoms with van der Waals surface area (Å²) < 4.78 is 68.2. The zero-order valence-corrected chi connectivity index (χ0v) is 58.8. The lowest BCUT2D eigenvalue weighted by Crippen LogP contribution is -2.30. The van der Waals surface area contributed by atoms with E-state index in [2.05, 4.69) is 41.5 Å². The van der Waals surface area contributed by atoms with Gasteiger partial charge in [0.05, 0.1) is 26.4 Å². The molecule has 0 aromatic rings. The van der Waals surface area contributed by atoms with E-state index in [0.717, 1.165) is 102 Å². The molecule has 0 saturated carbocycles. The number of phosphoric ester groups is 2. The van der Waals surface area contributed by atoms with Gasteiger partial charge in [-0.25, -0.2) is 9.13 Å². The van der Waals surface area contributed by atoms with Crippen molar-refractivity contribution >= 4 is 39.5 Å². The van der Waals surface area contributed by atoms with Gasteiger partial charge in [0.25, 0.3) is 0 Å². The Morgan fingerprint density at radius 3 is 0.773 bits per heavy atom. The topological polar surface area (TPSA) is 237 Å². The molecule has 0 aliphatic rings. The maximum absolute atomic E-state index is 13.0. The van der Waals surface area contributed by atoms with Crippen molar-refractivity contribution in [2.24, 2.45) is 11.8 Å². The predicted molar refractivity (Wildman–Crippen MR) is 354 cm³/mol. The van der Waals surface area contributed by atoms with Crippen molar-refractivity contribution in [3.05, 3.63) is 0 Å². The quantitative estimate of drug-likeness (QED) is 0.0222. The molecule has 3 N–H and O–H groups in total. The van der Waals surface area contributed by atoms with Gasteiger partial charge in [0, 0.05) is 25.7 Å². The summed E-state index contributed by atoms with van der Waals surface area (Å²) in [7, 11) is -9.90. The molecule has 88 heavy (non-hydrogen) atoms. The lowest BCUT2D eigenvalue weighted by molar-refractivity contribution is -0.161. The molecule has 0 bridgehead atoms. The van der Waals surface area contributed by atoms with Gasteiger partial charge in [-0.3, -0.25) is 37.3 Å².